The smallest absolute Gasteiger partial charge is 0.123 e. The molecular weight excluding hydrogens is 272 g/mol. The Labute approximate surface area is 105 Å². The number of alkyl halides is 1. The second-order valence-electron chi connectivity index (χ2n) is 3.46. The molecule has 0 saturated carbocycles. The third kappa shape index (κ3) is 3.68. The summed E-state index contributed by atoms with van der Waals surface area (Å²) in [5.41, 5.74) is 1.07. The molecule has 0 N–H and O–H groups in total. The van der Waals surface area contributed by atoms with Crippen molar-refractivity contribution in [3.05, 3.63) is 23.8 Å². The first-order chi connectivity index (χ1) is 7.71. The quantitative estimate of drug-likeness (QED) is 0.753. The van der Waals surface area contributed by atoms with E-state index in [1.54, 1.807) is 14.2 Å². The number of hydrogen-bond donors (Lipinski definition) is 0. The predicted molar refractivity (Wildman–Crippen MR) is 67.6 cm³/mol. The van der Waals surface area contributed by atoms with Gasteiger partial charge in [-0.3, -0.25) is 0 Å². The molecule has 0 aliphatic heterocycles. The molecule has 1 aromatic rings. The van der Waals surface area contributed by atoms with Crippen molar-refractivity contribution in [2.45, 2.75) is 18.4 Å². The topological polar surface area (TPSA) is 27.7 Å². The van der Waals surface area contributed by atoms with Gasteiger partial charge in [0, 0.05) is 18.0 Å². The van der Waals surface area contributed by atoms with Crippen molar-refractivity contribution in [1.29, 1.82) is 0 Å². The van der Waals surface area contributed by atoms with Gasteiger partial charge in [0.25, 0.3) is 0 Å². The molecule has 0 radical (unpaired) electrons. The first kappa shape index (κ1) is 13.3. The molecule has 90 valence electrons. The SMILES string of the molecule is COc1ccc(OCC(C)OC)c(CBr)c1. The maximum Gasteiger partial charge on any atom is 0.123 e. The van der Waals surface area contributed by atoms with E-state index in [0.717, 1.165) is 22.4 Å². The molecule has 1 unspecified atom stereocenters. The van der Waals surface area contributed by atoms with Gasteiger partial charge in [0.15, 0.2) is 0 Å². The largest absolute Gasteiger partial charge is 0.497 e. The molecular formula is C12H17BrO3. The highest BCUT2D eigenvalue weighted by Gasteiger charge is 2.06. The molecule has 0 saturated heterocycles. The molecule has 1 atom stereocenters. The van der Waals surface area contributed by atoms with Gasteiger partial charge in [0.1, 0.15) is 18.1 Å². The van der Waals surface area contributed by atoms with Crippen LogP contribution in [0.2, 0.25) is 0 Å². The Balaban J connectivity index is 2.71. The van der Waals surface area contributed by atoms with Crippen molar-refractivity contribution in [3.8, 4) is 11.5 Å². The van der Waals surface area contributed by atoms with Gasteiger partial charge in [-0.1, -0.05) is 15.9 Å². The first-order valence-electron chi connectivity index (χ1n) is 5.09. The zero-order valence-corrected chi connectivity index (χ0v) is 11.4. The van der Waals surface area contributed by atoms with E-state index < -0.39 is 0 Å². The normalized spacial score (nSPS) is 12.2. The molecule has 3 nitrogen and oxygen atoms in total. The van der Waals surface area contributed by atoms with Crippen LogP contribution in [0.1, 0.15) is 12.5 Å². The molecule has 0 aliphatic carbocycles. The molecule has 0 aromatic heterocycles. The van der Waals surface area contributed by atoms with Crippen LogP contribution < -0.4 is 9.47 Å². The Morgan fingerprint density at radius 1 is 1.31 bits per heavy atom. The maximum atomic E-state index is 5.67. The summed E-state index contributed by atoms with van der Waals surface area (Å²) in [6.07, 6.45) is 0.0882. The molecule has 1 aromatic carbocycles. The van der Waals surface area contributed by atoms with E-state index in [9.17, 15) is 0 Å². The predicted octanol–water partition coefficient (Wildman–Crippen LogP) is 3.00. The number of methoxy groups -OCH3 is 2. The van der Waals surface area contributed by atoms with Crippen molar-refractivity contribution in [2.24, 2.45) is 0 Å². The molecule has 4 heteroatoms. The summed E-state index contributed by atoms with van der Waals surface area (Å²) in [5, 5.41) is 0.737. The molecule has 0 heterocycles. The van der Waals surface area contributed by atoms with Gasteiger partial charge in [-0.05, 0) is 25.1 Å². The van der Waals surface area contributed by atoms with E-state index in [4.69, 9.17) is 14.2 Å². The fraction of sp³-hybridized carbons (Fsp3) is 0.500. The number of halogens is 1. The molecule has 0 bridgehead atoms. The van der Waals surface area contributed by atoms with Gasteiger partial charge in [-0.2, -0.15) is 0 Å². The van der Waals surface area contributed by atoms with Crippen LogP contribution in [0.5, 0.6) is 11.5 Å². The minimum absolute atomic E-state index is 0.0882. The number of ether oxygens (including phenoxy) is 3. The van der Waals surface area contributed by atoms with Crippen LogP contribution in [0.3, 0.4) is 0 Å². The third-order valence-corrected chi connectivity index (χ3v) is 2.89. The van der Waals surface area contributed by atoms with Crippen molar-refractivity contribution in [1.82, 2.24) is 0 Å². The fourth-order valence-corrected chi connectivity index (χ4v) is 1.64. The van der Waals surface area contributed by atoms with Crippen molar-refractivity contribution in [3.63, 3.8) is 0 Å². The standard InChI is InChI=1S/C12H17BrO3/c1-9(14-2)8-16-12-5-4-11(15-3)6-10(12)7-13/h4-6,9H,7-8H2,1-3H3. The summed E-state index contributed by atoms with van der Waals surface area (Å²) >= 11 is 3.43. The lowest BCUT2D eigenvalue weighted by Crippen LogP contribution is -2.16. The second-order valence-corrected chi connectivity index (χ2v) is 4.03. The Morgan fingerprint density at radius 3 is 2.62 bits per heavy atom. The molecule has 0 fully saturated rings. The lowest BCUT2D eigenvalue weighted by molar-refractivity contribution is 0.0714. The monoisotopic (exact) mass is 288 g/mol. The Morgan fingerprint density at radius 2 is 2.06 bits per heavy atom. The Kier molecular flexibility index (Phi) is 5.63. The highest BCUT2D eigenvalue weighted by atomic mass is 79.9. The summed E-state index contributed by atoms with van der Waals surface area (Å²) < 4.78 is 16.0. The van der Waals surface area contributed by atoms with Crippen LogP contribution in [0.25, 0.3) is 0 Å². The van der Waals surface area contributed by atoms with Crippen molar-refractivity contribution in [2.75, 3.05) is 20.8 Å². The molecule has 16 heavy (non-hydrogen) atoms. The van der Waals surface area contributed by atoms with Gasteiger partial charge in [0.2, 0.25) is 0 Å². The lowest BCUT2D eigenvalue weighted by Gasteiger charge is -2.14. The minimum Gasteiger partial charge on any atom is -0.497 e. The van der Waals surface area contributed by atoms with E-state index in [1.165, 1.54) is 0 Å². The lowest BCUT2D eigenvalue weighted by atomic mass is 10.2. The van der Waals surface area contributed by atoms with Crippen LogP contribution in [0.4, 0.5) is 0 Å². The minimum atomic E-state index is 0.0882. The zero-order chi connectivity index (χ0) is 12.0. The van der Waals surface area contributed by atoms with Crippen LogP contribution in [0.15, 0.2) is 18.2 Å². The average Bonchev–Trinajstić information content (AvgIpc) is 2.35. The fourth-order valence-electron chi connectivity index (χ4n) is 1.20. The highest BCUT2D eigenvalue weighted by Crippen LogP contribution is 2.26. The summed E-state index contributed by atoms with van der Waals surface area (Å²) in [6.45, 7) is 2.51. The van der Waals surface area contributed by atoms with Gasteiger partial charge in [-0.25, -0.2) is 0 Å². The Hall–Kier alpha value is -0.740. The Bertz CT molecular complexity index is 328. The van der Waals surface area contributed by atoms with Crippen LogP contribution in [0, 0.1) is 0 Å². The maximum absolute atomic E-state index is 5.67. The van der Waals surface area contributed by atoms with Crippen LogP contribution in [-0.4, -0.2) is 26.9 Å². The zero-order valence-electron chi connectivity index (χ0n) is 9.83. The van der Waals surface area contributed by atoms with Crippen molar-refractivity contribution >= 4 is 15.9 Å². The van der Waals surface area contributed by atoms with E-state index in [-0.39, 0.29) is 6.10 Å². The van der Waals surface area contributed by atoms with Crippen LogP contribution >= 0.6 is 15.9 Å². The summed E-state index contributed by atoms with van der Waals surface area (Å²) in [7, 11) is 3.33. The van der Waals surface area contributed by atoms with E-state index >= 15 is 0 Å². The first-order valence-corrected chi connectivity index (χ1v) is 6.22. The van der Waals surface area contributed by atoms with Crippen molar-refractivity contribution < 1.29 is 14.2 Å². The second kappa shape index (κ2) is 6.76. The summed E-state index contributed by atoms with van der Waals surface area (Å²) in [4.78, 5) is 0. The number of rotatable bonds is 6. The van der Waals surface area contributed by atoms with E-state index in [2.05, 4.69) is 15.9 Å². The summed E-state index contributed by atoms with van der Waals surface area (Å²) in [5.74, 6) is 1.70. The molecule has 1 rings (SSSR count). The van der Waals surface area contributed by atoms with E-state index in [1.807, 2.05) is 25.1 Å². The summed E-state index contributed by atoms with van der Waals surface area (Å²) in [6, 6.07) is 5.76. The van der Waals surface area contributed by atoms with Crippen LogP contribution in [-0.2, 0) is 10.1 Å². The number of hydrogen-bond acceptors (Lipinski definition) is 3. The van der Waals surface area contributed by atoms with Gasteiger partial charge in [0.05, 0.1) is 13.2 Å². The van der Waals surface area contributed by atoms with Gasteiger partial charge in [-0.15, -0.1) is 0 Å². The molecule has 0 amide bonds. The van der Waals surface area contributed by atoms with Gasteiger partial charge >= 0.3 is 0 Å². The highest BCUT2D eigenvalue weighted by molar-refractivity contribution is 9.08. The molecule has 0 aliphatic rings. The third-order valence-electron chi connectivity index (χ3n) is 2.29. The van der Waals surface area contributed by atoms with E-state index in [0.29, 0.717) is 6.61 Å². The number of benzene rings is 1. The average molecular weight is 289 g/mol. The van der Waals surface area contributed by atoms with Gasteiger partial charge < -0.3 is 14.2 Å². The molecule has 0 spiro atoms.